The Morgan fingerprint density at radius 2 is 1.38 bits per heavy atom. The van der Waals surface area contributed by atoms with E-state index in [9.17, 15) is 0 Å². The molecular formula is H2KN3O4. The molecule has 0 radical (unpaired) electrons. The second kappa shape index (κ2) is 5.37. The SMILES string of the molecule is O=[N+]([O-])N[N+](=O)[O-].[KH]. The van der Waals surface area contributed by atoms with Crippen LogP contribution in [0.3, 0.4) is 0 Å². The average Bonchev–Trinajstić information content (AvgIpc) is 1.27. The summed E-state index contributed by atoms with van der Waals surface area (Å²) in [5, 5.41) is 15.6. The van der Waals surface area contributed by atoms with E-state index in [-0.39, 0.29) is 51.4 Å². The van der Waals surface area contributed by atoms with Crippen molar-refractivity contribution in [3.05, 3.63) is 20.2 Å². The second-order valence-electron chi connectivity index (χ2n) is 0.614. The number of hydrogen-bond donors (Lipinski definition) is 1. The molecule has 7 nitrogen and oxygen atoms in total. The molecule has 0 aliphatic heterocycles. The van der Waals surface area contributed by atoms with Gasteiger partial charge in [-0.15, -0.1) is 0 Å². The van der Waals surface area contributed by atoms with Gasteiger partial charge in [-0.25, -0.2) is 20.2 Å². The Bertz CT molecular complexity index is 87.5. The van der Waals surface area contributed by atoms with Crippen molar-refractivity contribution < 1.29 is 10.1 Å². The maximum absolute atomic E-state index is 9.06. The van der Waals surface area contributed by atoms with Gasteiger partial charge in [0.1, 0.15) is 0 Å². The van der Waals surface area contributed by atoms with Crippen LogP contribution < -0.4 is 5.53 Å². The van der Waals surface area contributed by atoms with Gasteiger partial charge in [0, 0.05) is 0 Å². The van der Waals surface area contributed by atoms with E-state index in [4.69, 9.17) is 20.2 Å². The number of hydrogen-bond acceptors (Lipinski definition) is 4. The Morgan fingerprint density at radius 1 is 1.12 bits per heavy atom. The molecule has 0 amide bonds. The molecule has 0 fully saturated rings. The van der Waals surface area contributed by atoms with Crippen LogP contribution in [-0.2, 0) is 0 Å². The van der Waals surface area contributed by atoms with Crippen molar-refractivity contribution in [2.45, 2.75) is 0 Å². The molecular weight excluding hydrogens is 145 g/mol. The fourth-order valence-corrected chi connectivity index (χ4v) is 0.0667. The predicted octanol–water partition coefficient (Wildman–Crippen LogP) is -1.69. The molecule has 0 aliphatic rings. The monoisotopic (exact) mass is 147 g/mol. The molecule has 0 saturated heterocycles. The topological polar surface area (TPSA) is 98.3 Å². The van der Waals surface area contributed by atoms with Gasteiger partial charge in [0.25, 0.3) is 0 Å². The van der Waals surface area contributed by atoms with Gasteiger partial charge in [0.15, 0.2) is 5.53 Å². The zero-order chi connectivity index (χ0) is 5.86. The van der Waals surface area contributed by atoms with E-state index in [0.717, 1.165) is 5.53 Å². The summed E-state index contributed by atoms with van der Waals surface area (Å²) < 4.78 is 0. The van der Waals surface area contributed by atoms with Gasteiger partial charge in [0.05, 0.1) is 0 Å². The van der Waals surface area contributed by atoms with Crippen LogP contribution >= 0.6 is 0 Å². The van der Waals surface area contributed by atoms with Gasteiger partial charge in [-0.2, -0.15) is 0 Å². The summed E-state index contributed by atoms with van der Waals surface area (Å²) >= 11 is 0. The van der Waals surface area contributed by atoms with Crippen molar-refractivity contribution in [3.63, 3.8) is 0 Å². The quantitative estimate of drug-likeness (QED) is 0.285. The summed E-state index contributed by atoms with van der Waals surface area (Å²) in [5.41, 5.74) is 0.750. The molecule has 8 heavy (non-hydrogen) atoms. The molecule has 0 rings (SSSR count). The Hall–Kier alpha value is 0.236. The van der Waals surface area contributed by atoms with Crippen molar-refractivity contribution in [2.75, 3.05) is 0 Å². The average molecular weight is 147 g/mol. The molecule has 0 aromatic rings. The maximum atomic E-state index is 9.06. The third-order valence-corrected chi connectivity index (χ3v) is 0.163. The zero-order valence-electron chi connectivity index (χ0n) is 3.03. The van der Waals surface area contributed by atoms with Crippen molar-refractivity contribution in [1.82, 2.24) is 5.53 Å². The van der Waals surface area contributed by atoms with Crippen LogP contribution in [-0.4, -0.2) is 61.4 Å². The Labute approximate surface area is 86.1 Å². The van der Waals surface area contributed by atoms with Crippen LogP contribution in [0, 0.1) is 20.2 Å². The summed E-state index contributed by atoms with van der Waals surface area (Å²) in [6, 6.07) is 0. The third-order valence-electron chi connectivity index (χ3n) is 0.163. The first-order valence-electron chi connectivity index (χ1n) is 1.18. The fourth-order valence-electron chi connectivity index (χ4n) is 0.0667. The Balaban J connectivity index is 0. The van der Waals surface area contributed by atoms with Gasteiger partial charge in [-0.05, 0) is 0 Å². The first kappa shape index (κ1) is 11.1. The first-order valence-corrected chi connectivity index (χ1v) is 1.18. The summed E-state index contributed by atoms with van der Waals surface area (Å²) in [6.45, 7) is 0. The predicted molar refractivity (Wildman–Crippen MR) is 24.3 cm³/mol. The molecule has 8 heteroatoms. The first-order chi connectivity index (χ1) is 3.13. The van der Waals surface area contributed by atoms with Gasteiger partial charge >= 0.3 is 51.4 Å². The van der Waals surface area contributed by atoms with E-state index >= 15 is 0 Å². The summed E-state index contributed by atoms with van der Waals surface area (Å²) in [5.74, 6) is 0. The van der Waals surface area contributed by atoms with Crippen LogP contribution in [0.4, 0.5) is 0 Å². The number of nitro groups is 2. The number of rotatable bonds is 2. The normalized spacial score (nSPS) is 6.50. The summed E-state index contributed by atoms with van der Waals surface area (Å²) in [6.07, 6.45) is 0. The van der Waals surface area contributed by atoms with Crippen LogP contribution in [0.15, 0.2) is 0 Å². The van der Waals surface area contributed by atoms with E-state index in [1.54, 1.807) is 0 Å². The van der Waals surface area contributed by atoms with E-state index < -0.39 is 10.1 Å². The van der Waals surface area contributed by atoms with E-state index in [0.29, 0.717) is 0 Å². The van der Waals surface area contributed by atoms with Crippen LogP contribution in [0.1, 0.15) is 0 Å². The minimum absolute atomic E-state index is 0. The van der Waals surface area contributed by atoms with E-state index in [2.05, 4.69) is 0 Å². The van der Waals surface area contributed by atoms with E-state index in [1.807, 2.05) is 0 Å². The molecule has 0 unspecified atom stereocenters. The molecule has 1 N–H and O–H groups in total. The Kier molecular flexibility index (Phi) is 7.45. The Morgan fingerprint density at radius 3 is 1.38 bits per heavy atom. The van der Waals surface area contributed by atoms with Crippen molar-refractivity contribution >= 4 is 51.4 Å². The third kappa shape index (κ3) is 9.53. The van der Waals surface area contributed by atoms with E-state index in [1.165, 1.54) is 0 Å². The van der Waals surface area contributed by atoms with Gasteiger partial charge in [-0.1, -0.05) is 0 Å². The number of nitrogens with zero attached hydrogens (tertiary/aromatic N) is 2. The van der Waals surface area contributed by atoms with Gasteiger partial charge in [-0.3, -0.25) is 0 Å². The van der Waals surface area contributed by atoms with Crippen LogP contribution in [0.25, 0.3) is 0 Å². The molecule has 0 aromatic heterocycles. The minimum atomic E-state index is -1.25. The van der Waals surface area contributed by atoms with Crippen LogP contribution in [0.2, 0.25) is 0 Å². The van der Waals surface area contributed by atoms with Crippen LogP contribution in [0.5, 0.6) is 0 Å². The van der Waals surface area contributed by atoms with Crippen molar-refractivity contribution in [1.29, 1.82) is 0 Å². The molecule has 0 spiro atoms. The van der Waals surface area contributed by atoms with Gasteiger partial charge < -0.3 is 0 Å². The zero-order valence-corrected chi connectivity index (χ0v) is 3.03. The molecule has 0 bridgehead atoms. The molecule has 0 aliphatic carbocycles. The number of hydrazine groups is 2. The number of nitrogens with one attached hydrogen (secondary N) is 1. The molecule has 0 atom stereocenters. The second-order valence-corrected chi connectivity index (χ2v) is 0.614. The summed E-state index contributed by atoms with van der Waals surface area (Å²) in [7, 11) is 0. The molecule has 0 heterocycles. The fraction of sp³-hybridized carbons (Fsp3) is 0. The summed E-state index contributed by atoms with van der Waals surface area (Å²) in [4.78, 5) is 18.1. The van der Waals surface area contributed by atoms with Gasteiger partial charge in [0.2, 0.25) is 10.1 Å². The standard InChI is InChI=1S/K.HN3O4.H/c;4-2(5)1-3(6)7;/h;1H;. The molecule has 0 saturated carbocycles. The van der Waals surface area contributed by atoms with Crippen molar-refractivity contribution in [3.8, 4) is 0 Å². The molecule has 42 valence electrons. The van der Waals surface area contributed by atoms with Crippen molar-refractivity contribution in [2.24, 2.45) is 0 Å². The molecule has 0 aromatic carbocycles.